The minimum Gasteiger partial charge on any atom is -0.334 e. The molecule has 1 amide bonds. The number of carbonyl (C=O) groups excluding carboxylic acids is 1. The molecule has 2 aliphatic rings. The highest BCUT2D eigenvalue weighted by Crippen LogP contribution is 2.40. The van der Waals surface area contributed by atoms with Gasteiger partial charge in [0.2, 0.25) is 5.91 Å². The summed E-state index contributed by atoms with van der Waals surface area (Å²) in [6, 6.07) is 14.5. The van der Waals surface area contributed by atoms with Crippen molar-refractivity contribution in [2.24, 2.45) is 0 Å². The van der Waals surface area contributed by atoms with Gasteiger partial charge < -0.3 is 4.90 Å². The van der Waals surface area contributed by atoms with Gasteiger partial charge in [0.15, 0.2) is 0 Å². The van der Waals surface area contributed by atoms with Crippen molar-refractivity contribution in [1.82, 2.24) is 4.90 Å². The average molecular weight is 358 g/mol. The maximum absolute atomic E-state index is 12.5. The molecule has 4 heteroatoms. The van der Waals surface area contributed by atoms with Crippen molar-refractivity contribution in [2.45, 2.75) is 48.9 Å². The normalized spacial score (nSPS) is 16.3. The summed E-state index contributed by atoms with van der Waals surface area (Å²) >= 11 is 7.98. The zero-order chi connectivity index (χ0) is 16.5. The van der Waals surface area contributed by atoms with E-state index < -0.39 is 0 Å². The molecule has 1 saturated carbocycles. The average Bonchev–Trinajstić information content (AvgIpc) is 3.28. The second-order valence-corrected chi connectivity index (χ2v) is 8.44. The molecule has 1 fully saturated rings. The monoisotopic (exact) mass is 357 g/mol. The van der Waals surface area contributed by atoms with Crippen LogP contribution < -0.4 is 0 Å². The zero-order valence-electron chi connectivity index (χ0n) is 13.5. The van der Waals surface area contributed by atoms with E-state index in [4.69, 9.17) is 11.6 Å². The minimum absolute atomic E-state index is 0.225. The molecule has 2 aromatic rings. The highest BCUT2D eigenvalue weighted by molar-refractivity contribution is 8.00. The van der Waals surface area contributed by atoms with Gasteiger partial charge in [-0.25, -0.2) is 0 Å². The van der Waals surface area contributed by atoms with Crippen LogP contribution in [0.25, 0.3) is 0 Å². The van der Waals surface area contributed by atoms with E-state index in [1.807, 2.05) is 40.9 Å². The molecule has 0 bridgehead atoms. The summed E-state index contributed by atoms with van der Waals surface area (Å²) in [7, 11) is 0. The highest BCUT2D eigenvalue weighted by Gasteiger charge is 2.26. The lowest BCUT2D eigenvalue weighted by atomic mass is 10.1. The first kappa shape index (κ1) is 16.0. The van der Waals surface area contributed by atoms with E-state index in [0.717, 1.165) is 35.3 Å². The number of amides is 1. The van der Waals surface area contributed by atoms with Crippen LogP contribution in [0.5, 0.6) is 0 Å². The Balaban J connectivity index is 1.35. The third kappa shape index (κ3) is 3.79. The third-order valence-corrected chi connectivity index (χ3v) is 6.16. The molecule has 4 rings (SSSR count). The molecule has 0 unspecified atom stereocenters. The lowest BCUT2D eigenvalue weighted by Crippen LogP contribution is -2.25. The Labute approximate surface area is 152 Å². The van der Waals surface area contributed by atoms with Gasteiger partial charge in [0.05, 0.1) is 0 Å². The number of halogens is 1. The van der Waals surface area contributed by atoms with Crippen LogP contribution in [0.2, 0.25) is 5.02 Å². The van der Waals surface area contributed by atoms with Crippen LogP contribution in [0, 0.1) is 0 Å². The van der Waals surface area contributed by atoms with Crippen LogP contribution in [-0.4, -0.2) is 16.1 Å². The predicted octanol–water partition coefficient (Wildman–Crippen LogP) is 5.07. The second kappa shape index (κ2) is 6.81. The van der Waals surface area contributed by atoms with Crippen LogP contribution in [0.1, 0.15) is 36.0 Å². The molecule has 0 N–H and O–H groups in total. The molecule has 2 nitrogen and oxygen atoms in total. The number of carbonyl (C=O) groups is 1. The van der Waals surface area contributed by atoms with Crippen molar-refractivity contribution in [2.75, 3.05) is 0 Å². The van der Waals surface area contributed by atoms with Gasteiger partial charge in [-0.1, -0.05) is 29.8 Å². The molecular formula is C20H20ClNOS. The summed E-state index contributed by atoms with van der Waals surface area (Å²) in [5.74, 6) is 0.225. The molecule has 0 atom stereocenters. The summed E-state index contributed by atoms with van der Waals surface area (Å²) in [5.41, 5.74) is 3.73. The van der Waals surface area contributed by atoms with Crippen LogP contribution in [0.15, 0.2) is 47.4 Å². The number of thioether (sulfide) groups is 1. The van der Waals surface area contributed by atoms with Crippen LogP contribution in [-0.2, 0) is 24.3 Å². The zero-order valence-corrected chi connectivity index (χ0v) is 15.1. The molecule has 0 aromatic heterocycles. The number of hydrogen-bond donors (Lipinski definition) is 0. The van der Waals surface area contributed by atoms with Gasteiger partial charge in [-0.05, 0) is 60.2 Å². The molecule has 2 aromatic carbocycles. The maximum atomic E-state index is 12.5. The number of aryl methyl sites for hydroxylation is 1. The lowest BCUT2D eigenvalue weighted by Gasteiger charge is -2.15. The van der Waals surface area contributed by atoms with Gasteiger partial charge in [0, 0.05) is 34.7 Å². The van der Waals surface area contributed by atoms with Crippen molar-refractivity contribution in [1.29, 1.82) is 0 Å². The number of fused-ring (bicyclic) bond motifs is 1. The van der Waals surface area contributed by atoms with E-state index in [9.17, 15) is 4.79 Å². The maximum Gasteiger partial charge on any atom is 0.223 e. The van der Waals surface area contributed by atoms with Gasteiger partial charge in [0.25, 0.3) is 0 Å². The van der Waals surface area contributed by atoms with Crippen molar-refractivity contribution >= 4 is 29.3 Å². The fraction of sp³-hybridized carbons (Fsp3) is 0.350. The minimum atomic E-state index is 0.225. The second-order valence-electron chi connectivity index (χ2n) is 6.63. The molecule has 24 heavy (non-hydrogen) atoms. The molecule has 0 saturated heterocycles. The van der Waals surface area contributed by atoms with Crippen molar-refractivity contribution < 1.29 is 4.79 Å². The Morgan fingerprint density at radius 2 is 1.96 bits per heavy atom. The van der Waals surface area contributed by atoms with E-state index in [1.54, 1.807) is 0 Å². The van der Waals surface area contributed by atoms with Crippen molar-refractivity contribution in [3.63, 3.8) is 0 Å². The summed E-state index contributed by atoms with van der Waals surface area (Å²) in [6.07, 6.45) is 3.97. The fourth-order valence-electron chi connectivity index (χ4n) is 3.10. The number of rotatable bonds is 5. The van der Waals surface area contributed by atoms with E-state index in [2.05, 4.69) is 18.2 Å². The third-order valence-electron chi connectivity index (χ3n) is 4.60. The van der Waals surface area contributed by atoms with E-state index in [1.165, 1.54) is 28.9 Å². The standard InChI is InChI=1S/C20H20ClNOS/c21-17-3-1-2-14(10-17)4-9-20(23)22-12-15-5-6-19(11-16(15)13-22)24-18-7-8-18/h1-3,5-6,10-11,18H,4,7-9,12-13H2. The first-order chi connectivity index (χ1) is 11.7. The van der Waals surface area contributed by atoms with Gasteiger partial charge >= 0.3 is 0 Å². The van der Waals surface area contributed by atoms with Gasteiger partial charge in [0.1, 0.15) is 0 Å². The van der Waals surface area contributed by atoms with Crippen molar-refractivity contribution in [3.05, 3.63) is 64.2 Å². The highest BCUT2D eigenvalue weighted by atomic mass is 35.5. The molecule has 1 heterocycles. The van der Waals surface area contributed by atoms with Gasteiger partial charge in [-0.15, -0.1) is 11.8 Å². The summed E-state index contributed by atoms with van der Waals surface area (Å²) in [5, 5.41) is 1.55. The van der Waals surface area contributed by atoms with Gasteiger partial charge in [-0.3, -0.25) is 4.79 Å². The molecule has 1 aliphatic heterocycles. The Kier molecular flexibility index (Phi) is 4.55. The van der Waals surface area contributed by atoms with Crippen LogP contribution >= 0.6 is 23.4 Å². The van der Waals surface area contributed by atoms with Gasteiger partial charge in [-0.2, -0.15) is 0 Å². The fourth-order valence-corrected chi connectivity index (χ4v) is 4.43. The Morgan fingerprint density at radius 1 is 1.12 bits per heavy atom. The van der Waals surface area contributed by atoms with Crippen LogP contribution in [0.3, 0.4) is 0 Å². The topological polar surface area (TPSA) is 20.3 Å². The predicted molar refractivity (Wildman–Crippen MR) is 99.3 cm³/mol. The SMILES string of the molecule is O=C(CCc1cccc(Cl)c1)N1Cc2ccc(SC3CC3)cc2C1. The van der Waals surface area contributed by atoms with E-state index >= 15 is 0 Å². The van der Waals surface area contributed by atoms with E-state index in [0.29, 0.717) is 6.42 Å². The quantitative estimate of drug-likeness (QED) is 0.744. The molecular weight excluding hydrogens is 338 g/mol. The first-order valence-corrected chi connectivity index (χ1v) is 9.74. The molecule has 1 aliphatic carbocycles. The number of nitrogens with zero attached hydrogens (tertiary/aromatic N) is 1. The smallest absolute Gasteiger partial charge is 0.223 e. The Hall–Kier alpha value is -1.45. The first-order valence-electron chi connectivity index (χ1n) is 8.48. The number of benzene rings is 2. The molecule has 0 radical (unpaired) electrons. The Morgan fingerprint density at radius 3 is 2.75 bits per heavy atom. The summed E-state index contributed by atoms with van der Waals surface area (Å²) in [4.78, 5) is 15.9. The van der Waals surface area contributed by atoms with E-state index in [-0.39, 0.29) is 5.91 Å². The largest absolute Gasteiger partial charge is 0.334 e. The Bertz CT molecular complexity index is 772. The summed E-state index contributed by atoms with van der Waals surface area (Å²) < 4.78 is 0. The lowest BCUT2D eigenvalue weighted by molar-refractivity contribution is -0.131. The number of hydrogen-bond acceptors (Lipinski definition) is 2. The summed E-state index contributed by atoms with van der Waals surface area (Å²) in [6.45, 7) is 1.50. The molecule has 124 valence electrons. The van der Waals surface area contributed by atoms with Crippen LogP contribution in [0.4, 0.5) is 0 Å². The molecule has 0 spiro atoms. The van der Waals surface area contributed by atoms with Crippen molar-refractivity contribution in [3.8, 4) is 0 Å².